The molecule has 0 fully saturated rings. The lowest BCUT2D eigenvalue weighted by Gasteiger charge is -2.27. The summed E-state index contributed by atoms with van der Waals surface area (Å²) in [6.45, 7) is 3.09. The van der Waals surface area contributed by atoms with E-state index in [1.807, 2.05) is 27.8 Å². The third kappa shape index (κ3) is 12.1. The summed E-state index contributed by atoms with van der Waals surface area (Å²) in [7, 11) is 0. The Labute approximate surface area is 310 Å². The molecule has 0 aromatic carbocycles. The molecule has 2 aromatic heterocycles. The van der Waals surface area contributed by atoms with Gasteiger partial charge in [0.15, 0.2) is 0 Å². The van der Waals surface area contributed by atoms with Crippen LogP contribution in [0.15, 0.2) is 54.0 Å². The van der Waals surface area contributed by atoms with Crippen molar-refractivity contribution < 1.29 is 9.59 Å². The van der Waals surface area contributed by atoms with E-state index in [1.165, 1.54) is 34.4 Å². The van der Waals surface area contributed by atoms with Crippen molar-refractivity contribution in [1.29, 1.82) is 0 Å². The largest absolute Gasteiger partial charge is 0.361 e. The number of aliphatic imine (C=N–C) groups is 2. The second-order valence-corrected chi connectivity index (χ2v) is 13.1. The second kappa shape index (κ2) is 22.9. The molecule has 2 aliphatic heterocycles. The van der Waals surface area contributed by atoms with Crippen LogP contribution in [0.5, 0.6) is 0 Å². The van der Waals surface area contributed by atoms with Gasteiger partial charge < -0.3 is 32.7 Å². The van der Waals surface area contributed by atoms with Crippen LogP contribution in [-0.2, 0) is 19.3 Å². The Morgan fingerprint density at radius 3 is 1.85 bits per heavy atom. The summed E-state index contributed by atoms with van der Waals surface area (Å²) in [5.74, 6) is -0.303. The van der Waals surface area contributed by atoms with Gasteiger partial charge in [-0.15, -0.1) is 72.3 Å². The van der Waals surface area contributed by atoms with Crippen LogP contribution >= 0.6 is 95.8 Å². The smallest absolute Gasteiger partial charge is 0.267 e. The Kier molecular flexibility index (Phi) is 22.1. The number of rotatable bonds is 17. The van der Waals surface area contributed by atoms with Crippen molar-refractivity contribution >= 4 is 120 Å². The number of hydrogen-bond donors (Lipinski definition) is 6. The van der Waals surface area contributed by atoms with Crippen LogP contribution in [0.2, 0.25) is 0 Å². The van der Waals surface area contributed by atoms with E-state index in [9.17, 15) is 9.59 Å². The number of thioether (sulfide) groups is 2. The van der Waals surface area contributed by atoms with Gasteiger partial charge in [0.25, 0.3) is 11.8 Å². The normalized spacial score (nSPS) is 19.9. The maximum atomic E-state index is 12.6. The van der Waals surface area contributed by atoms with Gasteiger partial charge in [-0.1, -0.05) is 23.5 Å². The first-order chi connectivity index (χ1) is 20.5. The van der Waals surface area contributed by atoms with Crippen LogP contribution in [0, 0.1) is 0 Å². The molecule has 0 saturated heterocycles. The molecule has 2 aliphatic rings. The van der Waals surface area contributed by atoms with Gasteiger partial charge in [-0.25, -0.2) is 9.97 Å². The summed E-state index contributed by atoms with van der Waals surface area (Å²) >= 11 is 6.09. The van der Waals surface area contributed by atoms with Gasteiger partial charge in [-0.2, -0.15) is 0 Å². The fraction of sp³-hybridized carbons (Fsp3) is 0.462. The monoisotopic (exact) mass is 792 g/mol. The lowest BCUT2D eigenvalue weighted by atomic mass is 10.1. The van der Waals surface area contributed by atoms with E-state index >= 15 is 0 Å². The zero-order valence-electron chi connectivity index (χ0n) is 24.7. The zero-order chi connectivity index (χ0) is 29.7. The lowest BCUT2D eigenvalue weighted by Crippen LogP contribution is -2.41. The first-order valence-corrected chi connectivity index (χ1v) is 17.2. The van der Waals surface area contributed by atoms with Crippen molar-refractivity contribution in [3.8, 4) is 0 Å². The second-order valence-electron chi connectivity index (χ2n) is 9.34. The highest BCUT2D eigenvalue weighted by molar-refractivity contribution is 8.03. The topological polar surface area (TPSA) is 185 Å². The van der Waals surface area contributed by atoms with E-state index < -0.39 is 9.74 Å². The van der Waals surface area contributed by atoms with Gasteiger partial charge in [0.05, 0.1) is 29.0 Å². The van der Waals surface area contributed by atoms with Crippen LogP contribution in [0.4, 0.5) is 0 Å². The predicted octanol–water partition coefficient (Wildman–Crippen LogP) is 3.50. The van der Waals surface area contributed by atoms with Gasteiger partial charge in [0.1, 0.15) is 21.1 Å². The van der Waals surface area contributed by atoms with Crippen LogP contribution in [0.25, 0.3) is 0 Å². The fourth-order valence-corrected chi connectivity index (χ4v) is 7.66. The molecule has 20 heteroatoms. The van der Waals surface area contributed by atoms with Gasteiger partial charge in [0.2, 0.25) is 0 Å². The fourth-order valence-electron chi connectivity index (χ4n) is 4.10. The van der Waals surface area contributed by atoms with Gasteiger partial charge in [0, 0.05) is 66.5 Å². The molecule has 2 unspecified atom stereocenters. The van der Waals surface area contributed by atoms with E-state index in [0.29, 0.717) is 63.5 Å². The Morgan fingerprint density at radius 2 is 1.33 bits per heavy atom. The Bertz CT molecular complexity index is 1300. The molecule has 12 nitrogen and oxygen atoms in total. The number of carbonyl (C=O) groups excluding carboxylic acids is 2. The van der Waals surface area contributed by atoms with Crippen molar-refractivity contribution in [2.45, 2.75) is 35.4 Å². The van der Waals surface area contributed by atoms with Crippen LogP contribution in [0.3, 0.4) is 0 Å². The highest BCUT2D eigenvalue weighted by Gasteiger charge is 2.41. The van der Waals surface area contributed by atoms with Crippen molar-refractivity contribution in [2.24, 2.45) is 21.5 Å². The summed E-state index contributed by atoms with van der Waals surface area (Å²) in [6.07, 6.45) is 6.28. The van der Waals surface area contributed by atoms with Crippen molar-refractivity contribution in [3.05, 3.63) is 55.4 Å². The summed E-state index contributed by atoms with van der Waals surface area (Å²) in [5.41, 5.74) is 17.4. The maximum absolute atomic E-state index is 12.6. The number of thiazole rings is 2. The quantitative estimate of drug-likeness (QED) is 0.102. The third-order valence-corrected chi connectivity index (χ3v) is 10.0. The van der Waals surface area contributed by atoms with E-state index in [1.54, 1.807) is 29.0 Å². The van der Waals surface area contributed by atoms with Crippen LogP contribution < -0.4 is 32.7 Å². The number of amides is 2. The first kappa shape index (κ1) is 44.4. The highest BCUT2D eigenvalue weighted by Crippen LogP contribution is 2.44. The number of nitrogens with two attached hydrogens (primary N) is 2. The highest BCUT2D eigenvalue weighted by atomic mass is 35.5. The first-order valence-electron chi connectivity index (χ1n) is 13.5. The van der Waals surface area contributed by atoms with Crippen LogP contribution in [-0.4, -0.2) is 73.5 Å². The Balaban J connectivity index is 0.00000506. The molecule has 4 heterocycles. The summed E-state index contributed by atoms with van der Waals surface area (Å²) in [5, 5.41) is 20.2. The molecule has 0 saturated carbocycles. The Hall–Kier alpha value is -1.60. The maximum Gasteiger partial charge on any atom is 0.267 e. The van der Waals surface area contributed by atoms with Gasteiger partial charge in [-0.3, -0.25) is 19.6 Å². The SMILES string of the molecule is Cl.Cl.Cl.Cl.NCCCNC(=O)C1=CSC(CC=NCC=NCCC2(c3cscn3)NC(C(=O)NCCCN)=CS2)(c2cscn2)N1. The minimum atomic E-state index is -0.590. The van der Waals surface area contributed by atoms with Crippen molar-refractivity contribution in [2.75, 3.05) is 39.3 Å². The number of carbonyl (C=O) groups is 2. The number of halogens is 4. The molecule has 8 N–H and O–H groups in total. The number of hydrogen-bond acceptors (Lipinski definition) is 14. The molecule has 0 aliphatic carbocycles. The van der Waals surface area contributed by atoms with Crippen molar-refractivity contribution in [3.63, 3.8) is 0 Å². The molecule has 0 spiro atoms. The summed E-state index contributed by atoms with van der Waals surface area (Å²) in [4.78, 5) is 42.1. The summed E-state index contributed by atoms with van der Waals surface area (Å²) in [6, 6.07) is 0. The van der Waals surface area contributed by atoms with Crippen molar-refractivity contribution in [1.82, 2.24) is 31.2 Å². The summed E-state index contributed by atoms with van der Waals surface area (Å²) < 4.78 is 0. The zero-order valence-corrected chi connectivity index (χ0v) is 31.2. The molecule has 0 radical (unpaired) electrons. The van der Waals surface area contributed by atoms with E-state index in [-0.39, 0.29) is 61.4 Å². The lowest BCUT2D eigenvalue weighted by molar-refractivity contribution is -0.118. The molecule has 2 atom stereocenters. The predicted molar refractivity (Wildman–Crippen MR) is 204 cm³/mol. The molecular weight excluding hydrogens is 754 g/mol. The standard InChI is InChI=1S/C26H36N10O2S4.4ClH/c27-5-1-7-31-23(37)19-13-41-25(35-19,21-15-39-17-33-21)3-9-29-11-12-30-10-4-26(22-16-40-18-34-22)36-20(14-42-26)24(38)32-8-2-6-28;;;;/h9,12-18,35-36H,1-8,10-11,27-28H2,(H,31,37)(H,32,38);4*1H. The minimum absolute atomic E-state index is 0. The van der Waals surface area contributed by atoms with Gasteiger partial charge in [-0.05, 0) is 25.9 Å². The Morgan fingerprint density at radius 1 is 0.804 bits per heavy atom. The minimum Gasteiger partial charge on any atom is -0.361 e. The third-order valence-electron chi connectivity index (χ3n) is 6.36. The van der Waals surface area contributed by atoms with E-state index in [4.69, 9.17) is 11.5 Å². The molecule has 2 amide bonds. The van der Waals surface area contributed by atoms with Crippen LogP contribution in [0.1, 0.15) is 37.1 Å². The average Bonchev–Trinajstić information content (AvgIpc) is 3.81. The number of nitrogens with one attached hydrogen (secondary N) is 4. The number of aromatic nitrogens is 2. The molecule has 2 aromatic rings. The van der Waals surface area contributed by atoms with E-state index in [2.05, 4.69) is 41.2 Å². The molecule has 258 valence electrons. The molecular formula is C26H40Cl4N10O2S4. The molecule has 46 heavy (non-hydrogen) atoms. The molecule has 0 bridgehead atoms. The number of nitrogens with zero attached hydrogens (tertiary/aromatic N) is 4. The molecule has 4 rings (SSSR count). The van der Waals surface area contributed by atoms with E-state index in [0.717, 1.165) is 24.2 Å². The average molecular weight is 795 g/mol. The van der Waals surface area contributed by atoms with Gasteiger partial charge >= 0.3 is 0 Å².